The van der Waals surface area contributed by atoms with Crippen LogP contribution in [-0.2, 0) is 15.6 Å². The summed E-state index contributed by atoms with van der Waals surface area (Å²) in [5.41, 5.74) is 1.61. The number of hydrogen-bond donors (Lipinski definition) is 2. The molecule has 32 heavy (non-hydrogen) atoms. The molecule has 6 nitrogen and oxygen atoms in total. The van der Waals surface area contributed by atoms with E-state index >= 15 is 0 Å². The van der Waals surface area contributed by atoms with Crippen molar-refractivity contribution in [1.29, 1.82) is 0 Å². The second-order valence-electron chi connectivity index (χ2n) is 7.24. The van der Waals surface area contributed by atoms with Gasteiger partial charge in [0, 0.05) is 24.2 Å². The van der Waals surface area contributed by atoms with Crippen molar-refractivity contribution in [3.05, 3.63) is 101 Å². The first-order valence-corrected chi connectivity index (χ1v) is 11.6. The predicted molar refractivity (Wildman–Crippen MR) is 120 cm³/mol. The Balaban J connectivity index is 1.48. The smallest absolute Gasteiger partial charge is 0.251 e. The van der Waals surface area contributed by atoms with Crippen LogP contribution in [0.2, 0.25) is 0 Å². The first kappa shape index (κ1) is 23.1. The van der Waals surface area contributed by atoms with Gasteiger partial charge in [-0.2, -0.15) is 0 Å². The summed E-state index contributed by atoms with van der Waals surface area (Å²) in [4.78, 5) is 24.6. The lowest BCUT2D eigenvalue weighted by Crippen LogP contribution is -2.34. The summed E-state index contributed by atoms with van der Waals surface area (Å²) in [5, 5.41) is 5.29. The summed E-state index contributed by atoms with van der Waals surface area (Å²) < 4.78 is 38.5. The Morgan fingerprint density at radius 2 is 1.38 bits per heavy atom. The highest BCUT2D eigenvalue weighted by molar-refractivity contribution is 7.90. The number of carbonyl (C=O) groups is 2. The van der Waals surface area contributed by atoms with Gasteiger partial charge in [0.1, 0.15) is 5.82 Å². The highest BCUT2D eigenvalue weighted by Gasteiger charge is 2.15. The number of nitrogens with one attached hydrogen (secondary N) is 2. The maximum atomic E-state index is 13.6. The Hall–Kier alpha value is -3.52. The number of sulfone groups is 1. The van der Waals surface area contributed by atoms with E-state index in [1.165, 1.54) is 18.2 Å². The highest BCUT2D eigenvalue weighted by Crippen LogP contribution is 2.16. The minimum Gasteiger partial charge on any atom is -0.350 e. The SMILES string of the molecule is Cc1ccc(C(=O)NCCNC(=O)c2ccc(CS(=O)(=O)c3ccccc3)cc2)cc1F. The average Bonchev–Trinajstić information content (AvgIpc) is 2.79. The fraction of sp³-hybridized carbons (Fsp3) is 0.167. The number of aryl methyl sites for hydroxylation is 1. The third-order valence-corrected chi connectivity index (χ3v) is 6.51. The molecule has 3 aromatic carbocycles. The van der Waals surface area contributed by atoms with Crippen LogP contribution in [0.3, 0.4) is 0 Å². The fourth-order valence-corrected chi connectivity index (χ4v) is 4.34. The molecule has 0 aromatic heterocycles. The minimum absolute atomic E-state index is 0.162. The molecule has 2 N–H and O–H groups in total. The Labute approximate surface area is 186 Å². The van der Waals surface area contributed by atoms with E-state index in [-0.39, 0.29) is 35.2 Å². The van der Waals surface area contributed by atoms with E-state index in [4.69, 9.17) is 0 Å². The van der Waals surface area contributed by atoms with E-state index in [1.54, 1.807) is 61.5 Å². The fourth-order valence-electron chi connectivity index (χ4n) is 2.97. The van der Waals surface area contributed by atoms with Crippen molar-refractivity contribution < 1.29 is 22.4 Å². The number of amides is 2. The van der Waals surface area contributed by atoms with E-state index in [2.05, 4.69) is 10.6 Å². The summed E-state index contributed by atoms with van der Waals surface area (Å²) in [5.74, 6) is -1.39. The van der Waals surface area contributed by atoms with Crippen LogP contribution in [0.25, 0.3) is 0 Å². The van der Waals surface area contributed by atoms with Crippen LogP contribution in [0.1, 0.15) is 31.8 Å². The Kier molecular flexibility index (Phi) is 7.37. The molecule has 0 aliphatic rings. The molecule has 0 atom stereocenters. The van der Waals surface area contributed by atoms with Crippen LogP contribution < -0.4 is 10.6 Å². The van der Waals surface area contributed by atoms with Crippen LogP contribution in [0, 0.1) is 12.7 Å². The van der Waals surface area contributed by atoms with E-state index in [1.807, 2.05) is 0 Å². The van der Waals surface area contributed by atoms with Crippen LogP contribution >= 0.6 is 0 Å². The van der Waals surface area contributed by atoms with Gasteiger partial charge in [-0.1, -0.05) is 36.4 Å². The molecule has 0 bridgehead atoms. The van der Waals surface area contributed by atoms with Crippen molar-refractivity contribution in [2.75, 3.05) is 13.1 Å². The quantitative estimate of drug-likeness (QED) is 0.511. The molecular weight excluding hydrogens is 431 g/mol. The highest BCUT2D eigenvalue weighted by atomic mass is 32.2. The summed E-state index contributed by atoms with van der Waals surface area (Å²) in [6, 6.07) is 18.7. The molecule has 8 heteroatoms. The van der Waals surface area contributed by atoms with Gasteiger partial charge in [0.25, 0.3) is 11.8 Å². The van der Waals surface area contributed by atoms with Crippen molar-refractivity contribution in [3.8, 4) is 0 Å². The maximum Gasteiger partial charge on any atom is 0.251 e. The zero-order valence-electron chi connectivity index (χ0n) is 17.5. The summed E-state index contributed by atoms with van der Waals surface area (Å²) in [7, 11) is -3.46. The lowest BCUT2D eigenvalue weighted by atomic mass is 10.1. The standard InChI is InChI=1S/C24H23FN2O4S/c1-17-7-10-20(15-22(17)25)24(29)27-14-13-26-23(28)19-11-8-18(9-12-19)16-32(30,31)21-5-3-2-4-6-21/h2-12,15H,13-14,16H2,1H3,(H,26,28)(H,27,29). The molecule has 3 aromatic rings. The number of halogens is 1. The Morgan fingerprint density at radius 3 is 1.97 bits per heavy atom. The van der Waals surface area contributed by atoms with Gasteiger partial charge < -0.3 is 10.6 Å². The molecule has 2 amide bonds. The van der Waals surface area contributed by atoms with Gasteiger partial charge in [0.15, 0.2) is 9.84 Å². The predicted octanol–water partition coefficient (Wildman–Crippen LogP) is 3.27. The van der Waals surface area contributed by atoms with Gasteiger partial charge in [-0.3, -0.25) is 9.59 Å². The molecule has 0 spiro atoms. The Bertz CT molecular complexity index is 1210. The van der Waals surface area contributed by atoms with Gasteiger partial charge in [0.05, 0.1) is 10.6 Å². The van der Waals surface area contributed by atoms with Crippen molar-refractivity contribution in [2.45, 2.75) is 17.6 Å². The van der Waals surface area contributed by atoms with Crippen LogP contribution in [0.5, 0.6) is 0 Å². The third kappa shape index (κ3) is 6.01. The molecule has 0 fully saturated rings. The van der Waals surface area contributed by atoms with Gasteiger partial charge in [-0.15, -0.1) is 0 Å². The zero-order valence-corrected chi connectivity index (χ0v) is 18.3. The second kappa shape index (κ2) is 10.2. The second-order valence-corrected chi connectivity index (χ2v) is 9.23. The van der Waals surface area contributed by atoms with E-state index < -0.39 is 21.6 Å². The molecule has 3 rings (SSSR count). The third-order valence-electron chi connectivity index (χ3n) is 4.81. The first-order valence-electron chi connectivity index (χ1n) is 9.95. The summed E-state index contributed by atoms with van der Waals surface area (Å²) in [6.07, 6.45) is 0. The van der Waals surface area contributed by atoms with E-state index in [9.17, 15) is 22.4 Å². The summed E-state index contributed by atoms with van der Waals surface area (Å²) in [6.45, 7) is 1.97. The summed E-state index contributed by atoms with van der Waals surface area (Å²) >= 11 is 0. The van der Waals surface area contributed by atoms with Gasteiger partial charge >= 0.3 is 0 Å². The molecule has 0 aliphatic carbocycles. The molecule has 166 valence electrons. The normalized spacial score (nSPS) is 11.1. The first-order chi connectivity index (χ1) is 15.3. The lowest BCUT2D eigenvalue weighted by Gasteiger charge is -2.09. The molecule has 0 heterocycles. The molecule has 0 saturated heterocycles. The number of rotatable bonds is 8. The van der Waals surface area contributed by atoms with Gasteiger partial charge in [-0.25, -0.2) is 12.8 Å². The average molecular weight is 455 g/mol. The van der Waals surface area contributed by atoms with E-state index in [0.717, 1.165) is 0 Å². The maximum absolute atomic E-state index is 13.6. The largest absolute Gasteiger partial charge is 0.350 e. The van der Waals surface area contributed by atoms with Crippen molar-refractivity contribution in [1.82, 2.24) is 10.6 Å². The number of benzene rings is 3. The molecule has 0 radical (unpaired) electrons. The van der Waals surface area contributed by atoms with Gasteiger partial charge in [-0.05, 0) is 54.4 Å². The van der Waals surface area contributed by atoms with Crippen LogP contribution in [0.15, 0.2) is 77.7 Å². The van der Waals surface area contributed by atoms with Crippen LogP contribution in [0.4, 0.5) is 4.39 Å². The monoisotopic (exact) mass is 454 g/mol. The van der Waals surface area contributed by atoms with Gasteiger partial charge in [0.2, 0.25) is 0 Å². The number of hydrogen-bond acceptors (Lipinski definition) is 4. The molecule has 0 aliphatic heterocycles. The lowest BCUT2D eigenvalue weighted by molar-refractivity contribution is 0.0927. The van der Waals surface area contributed by atoms with Crippen LogP contribution in [-0.4, -0.2) is 33.3 Å². The molecule has 0 unspecified atom stereocenters. The Morgan fingerprint density at radius 1 is 0.812 bits per heavy atom. The van der Waals surface area contributed by atoms with Crippen molar-refractivity contribution in [2.24, 2.45) is 0 Å². The van der Waals surface area contributed by atoms with Crippen molar-refractivity contribution >= 4 is 21.7 Å². The number of carbonyl (C=O) groups excluding carboxylic acids is 2. The molecular formula is C24H23FN2O4S. The van der Waals surface area contributed by atoms with Crippen molar-refractivity contribution in [3.63, 3.8) is 0 Å². The molecule has 0 saturated carbocycles. The van der Waals surface area contributed by atoms with E-state index in [0.29, 0.717) is 16.7 Å². The minimum atomic E-state index is -3.46. The topological polar surface area (TPSA) is 92.3 Å². The zero-order chi connectivity index (χ0) is 23.1.